The number of carbonyl (C=O) groups excluding carboxylic acids is 1. The van der Waals surface area contributed by atoms with Crippen molar-refractivity contribution in [1.82, 2.24) is 0 Å². The second-order valence-corrected chi connectivity index (χ2v) is 4.35. The van der Waals surface area contributed by atoms with Crippen LogP contribution in [0.4, 0.5) is 15.8 Å². The van der Waals surface area contributed by atoms with Crippen molar-refractivity contribution in [3.05, 3.63) is 66.0 Å². The molecule has 0 aliphatic heterocycles. The molecule has 0 bridgehead atoms. The van der Waals surface area contributed by atoms with Crippen LogP contribution in [0.1, 0.15) is 5.56 Å². The highest BCUT2D eigenvalue weighted by atomic mass is 19.1. The van der Waals surface area contributed by atoms with Crippen LogP contribution in [0, 0.1) is 5.82 Å². The minimum absolute atomic E-state index is 0.245. The van der Waals surface area contributed by atoms with Gasteiger partial charge in [-0.25, -0.2) is 4.39 Å². The summed E-state index contributed by atoms with van der Waals surface area (Å²) in [5, 5.41) is 0. The third-order valence-electron chi connectivity index (χ3n) is 2.87. The smallest absolute Gasteiger partial charge is 0.250 e. The van der Waals surface area contributed by atoms with Gasteiger partial charge in [-0.15, -0.1) is 0 Å². The standard InChI is InChI=1S/C16H15FN2O/c1-19(15-8-3-2-7-14(15)17)16(20)10-9-12-5-4-6-13(18)11-12/h2-11H,18H2,1H3/b10-9+. The Bertz CT molecular complexity index is 652. The van der Waals surface area contributed by atoms with E-state index < -0.39 is 5.82 Å². The van der Waals surface area contributed by atoms with E-state index in [2.05, 4.69) is 0 Å². The number of likely N-dealkylation sites (N-methyl/N-ethyl adjacent to an activating group) is 1. The maximum Gasteiger partial charge on any atom is 0.250 e. The van der Waals surface area contributed by atoms with E-state index in [1.165, 1.54) is 24.1 Å². The van der Waals surface area contributed by atoms with Crippen LogP contribution in [0.5, 0.6) is 0 Å². The van der Waals surface area contributed by atoms with Crippen LogP contribution in [0.15, 0.2) is 54.6 Å². The molecule has 0 aliphatic carbocycles. The Morgan fingerprint density at radius 3 is 2.65 bits per heavy atom. The number of amides is 1. The number of carbonyl (C=O) groups is 1. The zero-order chi connectivity index (χ0) is 14.5. The molecular formula is C16H15FN2O. The van der Waals surface area contributed by atoms with Crippen LogP contribution >= 0.6 is 0 Å². The van der Waals surface area contributed by atoms with Crippen molar-refractivity contribution < 1.29 is 9.18 Å². The molecule has 0 unspecified atom stereocenters. The normalized spacial score (nSPS) is 10.7. The van der Waals surface area contributed by atoms with Gasteiger partial charge in [-0.05, 0) is 35.9 Å². The summed E-state index contributed by atoms with van der Waals surface area (Å²) < 4.78 is 13.6. The molecule has 102 valence electrons. The number of benzene rings is 2. The van der Waals surface area contributed by atoms with Gasteiger partial charge >= 0.3 is 0 Å². The summed E-state index contributed by atoms with van der Waals surface area (Å²) in [6, 6.07) is 13.3. The summed E-state index contributed by atoms with van der Waals surface area (Å²) in [6.45, 7) is 0. The number of nitrogens with two attached hydrogens (primary N) is 1. The second-order valence-electron chi connectivity index (χ2n) is 4.35. The molecule has 2 aromatic rings. The van der Waals surface area contributed by atoms with E-state index in [1.54, 1.807) is 42.5 Å². The quantitative estimate of drug-likeness (QED) is 0.688. The summed E-state index contributed by atoms with van der Waals surface area (Å²) in [7, 11) is 1.53. The fourth-order valence-electron chi connectivity index (χ4n) is 1.78. The van der Waals surface area contributed by atoms with E-state index in [4.69, 9.17) is 5.73 Å². The van der Waals surface area contributed by atoms with Crippen molar-refractivity contribution in [1.29, 1.82) is 0 Å². The van der Waals surface area contributed by atoms with Crippen LogP contribution in [0.2, 0.25) is 0 Å². The van der Waals surface area contributed by atoms with Crippen molar-refractivity contribution in [2.45, 2.75) is 0 Å². The topological polar surface area (TPSA) is 46.3 Å². The Morgan fingerprint density at radius 1 is 1.20 bits per heavy atom. The monoisotopic (exact) mass is 270 g/mol. The number of nitrogen functional groups attached to an aromatic ring is 1. The third kappa shape index (κ3) is 3.23. The molecule has 0 atom stereocenters. The molecule has 3 nitrogen and oxygen atoms in total. The van der Waals surface area contributed by atoms with Crippen molar-refractivity contribution in [2.75, 3.05) is 17.7 Å². The summed E-state index contributed by atoms with van der Waals surface area (Å²) in [5.74, 6) is -0.738. The molecule has 0 fully saturated rings. The number of rotatable bonds is 3. The maximum absolute atomic E-state index is 13.6. The minimum atomic E-state index is -0.430. The molecule has 20 heavy (non-hydrogen) atoms. The summed E-state index contributed by atoms with van der Waals surface area (Å²) >= 11 is 0. The molecule has 0 heterocycles. The van der Waals surface area contributed by atoms with Gasteiger partial charge in [0.2, 0.25) is 0 Å². The predicted octanol–water partition coefficient (Wildman–Crippen LogP) is 3.08. The molecule has 0 aromatic heterocycles. The maximum atomic E-state index is 13.6. The molecular weight excluding hydrogens is 255 g/mol. The zero-order valence-electron chi connectivity index (χ0n) is 11.1. The van der Waals surface area contributed by atoms with E-state index >= 15 is 0 Å². The minimum Gasteiger partial charge on any atom is -0.399 e. The number of nitrogens with zero attached hydrogens (tertiary/aromatic N) is 1. The van der Waals surface area contributed by atoms with E-state index in [0.29, 0.717) is 5.69 Å². The first-order valence-corrected chi connectivity index (χ1v) is 6.14. The molecule has 0 aliphatic rings. The molecule has 0 saturated carbocycles. The lowest BCUT2D eigenvalue weighted by molar-refractivity contribution is -0.113. The SMILES string of the molecule is CN(C(=O)/C=C/c1cccc(N)c1)c1ccccc1F. The Labute approximate surface area is 117 Å². The van der Waals surface area contributed by atoms with Gasteiger partial charge < -0.3 is 10.6 Å². The molecule has 0 saturated heterocycles. The van der Waals surface area contributed by atoms with Crippen LogP contribution in [0.25, 0.3) is 6.08 Å². The zero-order valence-corrected chi connectivity index (χ0v) is 11.1. The summed E-state index contributed by atoms with van der Waals surface area (Å²) in [5.41, 5.74) is 7.35. The fourth-order valence-corrected chi connectivity index (χ4v) is 1.78. The molecule has 0 radical (unpaired) electrons. The average Bonchev–Trinajstić information content (AvgIpc) is 2.44. The van der Waals surface area contributed by atoms with Gasteiger partial charge in [0.05, 0.1) is 5.69 Å². The molecule has 0 spiro atoms. The van der Waals surface area contributed by atoms with E-state index in [0.717, 1.165) is 5.56 Å². The first-order valence-electron chi connectivity index (χ1n) is 6.14. The highest BCUT2D eigenvalue weighted by Gasteiger charge is 2.11. The van der Waals surface area contributed by atoms with Crippen molar-refractivity contribution in [3.8, 4) is 0 Å². The van der Waals surface area contributed by atoms with Crippen LogP contribution in [0.3, 0.4) is 0 Å². The van der Waals surface area contributed by atoms with Gasteiger partial charge in [0.1, 0.15) is 5.82 Å². The second kappa shape index (κ2) is 6.02. The van der Waals surface area contributed by atoms with Crippen molar-refractivity contribution >= 4 is 23.4 Å². The van der Waals surface area contributed by atoms with Crippen LogP contribution in [-0.2, 0) is 4.79 Å². The Hall–Kier alpha value is -2.62. The predicted molar refractivity (Wildman–Crippen MR) is 79.7 cm³/mol. The average molecular weight is 270 g/mol. The van der Waals surface area contributed by atoms with Gasteiger partial charge in [0, 0.05) is 18.8 Å². The molecule has 4 heteroatoms. The van der Waals surface area contributed by atoms with Crippen molar-refractivity contribution in [2.24, 2.45) is 0 Å². The number of anilines is 2. The van der Waals surface area contributed by atoms with Gasteiger partial charge in [0.15, 0.2) is 0 Å². The first-order chi connectivity index (χ1) is 9.58. The Kier molecular flexibility index (Phi) is 4.15. The van der Waals surface area contributed by atoms with Gasteiger partial charge in [-0.3, -0.25) is 4.79 Å². The number of halogens is 1. The summed E-state index contributed by atoms with van der Waals surface area (Å²) in [6.07, 6.45) is 3.04. The molecule has 2 rings (SSSR count). The Morgan fingerprint density at radius 2 is 1.95 bits per heavy atom. The van der Waals surface area contributed by atoms with Crippen molar-refractivity contribution in [3.63, 3.8) is 0 Å². The van der Waals surface area contributed by atoms with Crippen LogP contribution < -0.4 is 10.6 Å². The van der Waals surface area contributed by atoms with E-state index in [9.17, 15) is 9.18 Å². The largest absolute Gasteiger partial charge is 0.399 e. The lowest BCUT2D eigenvalue weighted by atomic mass is 10.2. The van der Waals surface area contributed by atoms with E-state index in [1.807, 2.05) is 6.07 Å². The van der Waals surface area contributed by atoms with Gasteiger partial charge in [-0.1, -0.05) is 24.3 Å². The lowest BCUT2D eigenvalue weighted by Gasteiger charge is -2.15. The molecule has 1 amide bonds. The van der Waals surface area contributed by atoms with E-state index in [-0.39, 0.29) is 11.6 Å². The number of hydrogen-bond donors (Lipinski definition) is 1. The number of para-hydroxylation sites is 1. The molecule has 2 N–H and O–H groups in total. The first kappa shape index (κ1) is 13.8. The van der Waals surface area contributed by atoms with Gasteiger partial charge in [-0.2, -0.15) is 0 Å². The fraction of sp³-hybridized carbons (Fsp3) is 0.0625. The number of hydrogen-bond acceptors (Lipinski definition) is 2. The highest BCUT2D eigenvalue weighted by Crippen LogP contribution is 2.17. The van der Waals surface area contributed by atoms with Gasteiger partial charge in [0.25, 0.3) is 5.91 Å². The third-order valence-corrected chi connectivity index (χ3v) is 2.87. The Balaban J connectivity index is 2.14. The van der Waals surface area contributed by atoms with Crippen LogP contribution in [-0.4, -0.2) is 13.0 Å². The summed E-state index contributed by atoms with van der Waals surface area (Å²) in [4.78, 5) is 13.3. The highest BCUT2D eigenvalue weighted by molar-refractivity contribution is 6.03. The lowest BCUT2D eigenvalue weighted by Crippen LogP contribution is -2.24. The molecule has 2 aromatic carbocycles.